The van der Waals surface area contributed by atoms with Gasteiger partial charge in [-0.05, 0) is 52.9 Å². The van der Waals surface area contributed by atoms with Gasteiger partial charge in [-0.25, -0.2) is 0 Å². The second-order valence-electron chi connectivity index (χ2n) is 6.12. The first-order valence-corrected chi connectivity index (χ1v) is 9.84. The highest BCUT2D eigenvalue weighted by atomic mass is 127. The van der Waals surface area contributed by atoms with Crippen LogP contribution in [0.2, 0.25) is 5.02 Å². The van der Waals surface area contributed by atoms with E-state index < -0.39 is 0 Å². The van der Waals surface area contributed by atoms with E-state index in [4.69, 9.17) is 11.6 Å². The van der Waals surface area contributed by atoms with Crippen LogP contribution in [0.25, 0.3) is 0 Å². The molecule has 2 rings (SSSR count). The molecule has 0 aliphatic heterocycles. The number of benzene rings is 1. The molecule has 3 N–H and O–H groups in total. The number of amides is 1. The standard InChI is InChI=1S/C19H25ClN4OS.HI/c1-13-4-5-17(16(20)10-13)24-18(25)6-8-22-19(21-3)23-11-14(2)15-7-9-26-12-15;/h4-5,7,9-10,12,14H,6,8,11H2,1-3H3,(H,24,25)(H2,21,22,23);1H. The van der Waals surface area contributed by atoms with Crippen molar-refractivity contribution in [3.8, 4) is 0 Å². The Morgan fingerprint density at radius 3 is 2.70 bits per heavy atom. The van der Waals surface area contributed by atoms with Gasteiger partial charge in [0.2, 0.25) is 5.91 Å². The van der Waals surface area contributed by atoms with Gasteiger partial charge in [0.25, 0.3) is 0 Å². The number of halogens is 2. The lowest BCUT2D eigenvalue weighted by Crippen LogP contribution is -2.40. The van der Waals surface area contributed by atoms with Crippen LogP contribution in [0.3, 0.4) is 0 Å². The normalized spacial score (nSPS) is 12.1. The predicted octanol–water partition coefficient (Wildman–Crippen LogP) is 4.63. The molecule has 1 aromatic carbocycles. The topological polar surface area (TPSA) is 65.5 Å². The molecule has 8 heteroatoms. The van der Waals surface area contributed by atoms with Crippen molar-refractivity contribution in [1.29, 1.82) is 0 Å². The van der Waals surface area contributed by atoms with Crippen LogP contribution >= 0.6 is 46.9 Å². The zero-order chi connectivity index (χ0) is 18.9. The Labute approximate surface area is 187 Å². The monoisotopic (exact) mass is 520 g/mol. The molecule has 148 valence electrons. The molecule has 0 aliphatic carbocycles. The number of guanidine groups is 1. The Balaban J connectivity index is 0.00000364. The first-order chi connectivity index (χ1) is 12.5. The molecule has 1 atom stereocenters. The zero-order valence-corrected chi connectivity index (χ0v) is 19.6. The van der Waals surface area contributed by atoms with Crippen LogP contribution in [0.15, 0.2) is 40.0 Å². The minimum Gasteiger partial charge on any atom is -0.356 e. The fourth-order valence-electron chi connectivity index (χ4n) is 2.37. The third-order valence-electron chi connectivity index (χ3n) is 3.95. The SMILES string of the molecule is CN=C(NCCC(=O)Nc1ccc(C)cc1Cl)NCC(C)c1ccsc1.I. The quantitative estimate of drug-likeness (QED) is 0.283. The Hall–Kier alpha value is -1.32. The molecule has 0 aliphatic rings. The van der Waals surface area contributed by atoms with Gasteiger partial charge in [0.1, 0.15) is 0 Å². The van der Waals surface area contributed by atoms with E-state index in [1.54, 1.807) is 18.4 Å². The summed E-state index contributed by atoms with van der Waals surface area (Å²) in [4.78, 5) is 16.3. The number of aliphatic imine (C=N–C) groups is 1. The molecule has 1 unspecified atom stereocenters. The van der Waals surface area contributed by atoms with E-state index in [-0.39, 0.29) is 29.9 Å². The summed E-state index contributed by atoms with van der Waals surface area (Å²) in [6.45, 7) is 5.39. The van der Waals surface area contributed by atoms with Crippen LogP contribution in [0.5, 0.6) is 0 Å². The fraction of sp³-hybridized carbons (Fsp3) is 0.368. The minimum absolute atomic E-state index is 0. The minimum atomic E-state index is -0.0923. The number of aryl methyl sites for hydroxylation is 1. The number of nitrogens with one attached hydrogen (secondary N) is 3. The van der Waals surface area contributed by atoms with E-state index in [1.807, 2.05) is 25.1 Å². The molecule has 0 fully saturated rings. The molecule has 1 amide bonds. The van der Waals surface area contributed by atoms with Gasteiger partial charge < -0.3 is 16.0 Å². The van der Waals surface area contributed by atoms with Crippen molar-refractivity contribution in [2.24, 2.45) is 4.99 Å². The summed E-state index contributed by atoms with van der Waals surface area (Å²) < 4.78 is 0. The van der Waals surface area contributed by atoms with Crippen molar-refractivity contribution >= 4 is 64.5 Å². The smallest absolute Gasteiger partial charge is 0.226 e. The number of nitrogens with zero attached hydrogens (tertiary/aromatic N) is 1. The van der Waals surface area contributed by atoms with Crippen molar-refractivity contribution in [1.82, 2.24) is 10.6 Å². The van der Waals surface area contributed by atoms with Gasteiger partial charge in [0.05, 0.1) is 10.7 Å². The Bertz CT molecular complexity index is 752. The number of hydrogen-bond acceptors (Lipinski definition) is 3. The third kappa shape index (κ3) is 8.06. The molecule has 5 nitrogen and oxygen atoms in total. The van der Waals surface area contributed by atoms with Crippen LogP contribution in [0, 0.1) is 6.92 Å². The maximum atomic E-state index is 12.1. The summed E-state index contributed by atoms with van der Waals surface area (Å²) in [6, 6.07) is 7.69. The second-order valence-corrected chi connectivity index (χ2v) is 7.31. The van der Waals surface area contributed by atoms with Crippen LogP contribution in [0.4, 0.5) is 5.69 Å². The molecule has 0 radical (unpaired) electrons. The van der Waals surface area contributed by atoms with Gasteiger partial charge in [-0.1, -0.05) is 24.6 Å². The lowest BCUT2D eigenvalue weighted by molar-refractivity contribution is -0.116. The molecule has 0 saturated heterocycles. The predicted molar refractivity (Wildman–Crippen MR) is 127 cm³/mol. The van der Waals surface area contributed by atoms with Crippen LogP contribution in [0.1, 0.15) is 30.4 Å². The van der Waals surface area contributed by atoms with Gasteiger partial charge in [0.15, 0.2) is 5.96 Å². The Kier molecular flexibility index (Phi) is 10.7. The summed E-state index contributed by atoms with van der Waals surface area (Å²) in [6.07, 6.45) is 0.324. The largest absolute Gasteiger partial charge is 0.356 e. The average Bonchev–Trinajstić information content (AvgIpc) is 3.15. The summed E-state index contributed by atoms with van der Waals surface area (Å²) >= 11 is 7.83. The Morgan fingerprint density at radius 2 is 2.07 bits per heavy atom. The molecule has 0 saturated carbocycles. The Morgan fingerprint density at radius 1 is 1.30 bits per heavy atom. The fourth-order valence-corrected chi connectivity index (χ4v) is 3.44. The van der Waals surface area contributed by atoms with E-state index in [0.717, 1.165) is 12.1 Å². The molecule has 0 bridgehead atoms. The van der Waals surface area contributed by atoms with Crippen molar-refractivity contribution < 1.29 is 4.79 Å². The number of anilines is 1. The molecule has 1 aromatic heterocycles. The molecule has 27 heavy (non-hydrogen) atoms. The molecular formula is C19H26ClIN4OS. The summed E-state index contributed by atoms with van der Waals surface area (Å²) in [5.74, 6) is 0.991. The summed E-state index contributed by atoms with van der Waals surface area (Å²) in [5.41, 5.74) is 3.00. The lowest BCUT2D eigenvalue weighted by Gasteiger charge is -2.15. The molecule has 2 aromatic rings. The highest BCUT2D eigenvalue weighted by Crippen LogP contribution is 2.22. The third-order valence-corrected chi connectivity index (χ3v) is 4.97. The van der Waals surface area contributed by atoms with Crippen LogP contribution in [-0.2, 0) is 4.79 Å². The summed E-state index contributed by atoms with van der Waals surface area (Å²) in [7, 11) is 1.72. The van der Waals surface area contributed by atoms with Gasteiger partial charge in [-0.15, -0.1) is 24.0 Å². The van der Waals surface area contributed by atoms with E-state index in [9.17, 15) is 4.79 Å². The molecule has 0 spiro atoms. The van der Waals surface area contributed by atoms with Crippen molar-refractivity contribution in [3.05, 3.63) is 51.2 Å². The number of rotatable bonds is 7. The van der Waals surface area contributed by atoms with Gasteiger partial charge in [-0.2, -0.15) is 11.3 Å². The van der Waals surface area contributed by atoms with Crippen molar-refractivity contribution in [3.63, 3.8) is 0 Å². The average molecular weight is 521 g/mol. The van der Waals surface area contributed by atoms with Crippen molar-refractivity contribution in [2.75, 3.05) is 25.5 Å². The maximum Gasteiger partial charge on any atom is 0.226 e. The van der Waals surface area contributed by atoms with Crippen molar-refractivity contribution in [2.45, 2.75) is 26.2 Å². The van der Waals surface area contributed by atoms with Gasteiger partial charge in [0, 0.05) is 26.6 Å². The van der Waals surface area contributed by atoms with Crippen LogP contribution in [-0.4, -0.2) is 32.0 Å². The van der Waals surface area contributed by atoms with Gasteiger partial charge in [-0.3, -0.25) is 9.79 Å². The highest BCUT2D eigenvalue weighted by molar-refractivity contribution is 14.0. The maximum absolute atomic E-state index is 12.1. The first-order valence-electron chi connectivity index (χ1n) is 8.52. The second kappa shape index (κ2) is 12.2. The van der Waals surface area contributed by atoms with E-state index in [2.05, 4.69) is 44.7 Å². The number of thiophene rings is 1. The summed E-state index contributed by atoms with van der Waals surface area (Å²) in [5, 5.41) is 14.1. The van der Waals surface area contributed by atoms with E-state index in [1.165, 1.54) is 5.56 Å². The highest BCUT2D eigenvalue weighted by Gasteiger charge is 2.09. The number of hydrogen-bond donors (Lipinski definition) is 3. The zero-order valence-electron chi connectivity index (χ0n) is 15.7. The number of carbonyl (C=O) groups is 1. The lowest BCUT2D eigenvalue weighted by atomic mass is 10.1. The molecule has 1 heterocycles. The van der Waals surface area contributed by atoms with E-state index in [0.29, 0.717) is 35.6 Å². The number of carbonyl (C=O) groups excluding carboxylic acids is 1. The van der Waals surface area contributed by atoms with Gasteiger partial charge >= 0.3 is 0 Å². The molecular weight excluding hydrogens is 495 g/mol. The first kappa shape index (κ1) is 23.7. The van der Waals surface area contributed by atoms with Crippen LogP contribution < -0.4 is 16.0 Å². The van der Waals surface area contributed by atoms with E-state index >= 15 is 0 Å².